The third kappa shape index (κ3) is 8.21. The molecule has 214 valence electrons. The first-order chi connectivity index (χ1) is 19.4. The SMILES string of the molecule is C#Cc1ccccc1C(C(=O)Nc1c(C)cccc1C)N(CC)C(=O)C(Cc1ccccc1)NC(=O)OC(C)(C)C. The summed E-state index contributed by atoms with van der Waals surface area (Å²) in [5, 5.41) is 5.80. The molecule has 3 aromatic carbocycles. The first-order valence-electron chi connectivity index (χ1n) is 13.7. The zero-order valence-electron chi connectivity index (χ0n) is 24.7. The second kappa shape index (κ2) is 13.7. The Kier molecular flexibility index (Phi) is 10.3. The Morgan fingerprint density at radius 2 is 1.54 bits per heavy atom. The van der Waals surface area contributed by atoms with Crippen molar-refractivity contribution in [1.29, 1.82) is 0 Å². The van der Waals surface area contributed by atoms with Gasteiger partial charge >= 0.3 is 6.09 Å². The van der Waals surface area contributed by atoms with E-state index in [4.69, 9.17) is 11.2 Å². The van der Waals surface area contributed by atoms with Gasteiger partial charge in [-0.2, -0.15) is 0 Å². The van der Waals surface area contributed by atoms with Crippen molar-refractivity contribution in [2.45, 2.75) is 65.6 Å². The lowest BCUT2D eigenvalue weighted by atomic mass is 9.96. The molecule has 2 unspecified atom stereocenters. The van der Waals surface area contributed by atoms with Gasteiger partial charge in [0.25, 0.3) is 5.91 Å². The normalized spacial score (nSPS) is 12.4. The van der Waals surface area contributed by atoms with Crippen LogP contribution >= 0.6 is 0 Å². The van der Waals surface area contributed by atoms with Crippen LogP contribution in [0.5, 0.6) is 0 Å². The molecule has 2 atom stereocenters. The van der Waals surface area contributed by atoms with Crippen molar-refractivity contribution in [2.75, 3.05) is 11.9 Å². The molecule has 7 nitrogen and oxygen atoms in total. The molecule has 0 heterocycles. The zero-order chi connectivity index (χ0) is 30.2. The van der Waals surface area contributed by atoms with Gasteiger partial charge in [0.1, 0.15) is 17.7 Å². The maximum absolute atomic E-state index is 14.3. The molecule has 41 heavy (non-hydrogen) atoms. The summed E-state index contributed by atoms with van der Waals surface area (Å²) in [5.74, 6) is 1.81. The van der Waals surface area contributed by atoms with E-state index < -0.39 is 35.6 Å². The molecule has 2 N–H and O–H groups in total. The van der Waals surface area contributed by atoms with Crippen molar-refractivity contribution >= 4 is 23.6 Å². The first kappa shape index (κ1) is 31.0. The van der Waals surface area contributed by atoms with Crippen molar-refractivity contribution in [2.24, 2.45) is 0 Å². The van der Waals surface area contributed by atoms with Gasteiger partial charge in [0.15, 0.2) is 0 Å². The van der Waals surface area contributed by atoms with Crippen LogP contribution in [0.2, 0.25) is 0 Å². The molecule has 0 aliphatic carbocycles. The van der Waals surface area contributed by atoms with Crippen LogP contribution < -0.4 is 10.6 Å². The van der Waals surface area contributed by atoms with Gasteiger partial charge in [0, 0.05) is 24.2 Å². The third-order valence-electron chi connectivity index (χ3n) is 6.60. The number of benzene rings is 3. The van der Waals surface area contributed by atoms with E-state index in [1.807, 2.05) is 62.4 Å². The summed E-state index contributed by atoms with van der Waals surface area (Å²) in [6.07, 6.45) is 5.32. The number of nitrogens with one attached hydrogen (secondary N) is 2. The van der Waals surface area contributed by atoms with Crippen LogP contribution in [0.25, 0.3) is 0 Å². The van der Waals surface area contributed by atoms with Gasteiger partial charge in [-0.15, -0.1) is 6.42 Å². The molecule has 0 aliphatic heterocycles. The molecule has 0 aliphatic rings. The first-order valence-corrected chi connectivity index (χ1v) is 13.7. The molecule has 7 heteroatoms. The molecule has 0 bridgehead atoms. The smallest absolute Gasteiger partial charge is 0.408 e. The van der Waals surface area contributed by atoms with E-state index >= 15 is 0 Å². The molecule has 3 rings (SSSR count). The summed E-state index contributed by atoms with van der Waals surface area (Å²) in [6, 6.07) is 20.1. The Hall–Kier alpha value is -4.57. The van der Waals surface area contributed by atoms with E-state index in [2.05, 4.69) is 16.6 Å². The highest BCUT2D eigenvalue weighted by Crippen LogP contribution is 2.29. The number of carbonyl (C=O) groups is 3. The highest BCUT2D eigenvalue weighted by molar-refractivity contribution is 6.00. The molecule has 0 saturated carbocycles. The van der Waals surface area contributed by atoms with Crippen LogP contribution in [0.4, 0.5) is 10.5 Å². The number of hydrogen-bond donors (Lipinski definition) is 2. The van der Waals surface area contributed by atoms with Gasteiger partial charge in [0.2, 0.25) is 5.91 Å². The number of aryl methyl sites for hydroxylation is 2. The number of amides is 3. The number of para-hydroxylation sites is 1. The Balaban J connectivity index is 2.07. The average Bonchev–Trinajstić information content (AvgIpc) is 2.92. The molecule has 0 fully saturated rings. The number of alkyl carbamates (subject to hydrolysis) is 1. The van der Waals surface area contributed by atoms with Gasteiger partial charge < -0.3 is 20.3 Å². The topological polar surface area (TPSA) is 87.7 Å². The van der Waals surface area contributed by atoms with E-state index in [9.17, 15) is 14.4 Å². The molecule has 0 spiro atoms. The van der Waals surface area contributed by atoms with Crippen LogP contribution in [-0.2, 0) is 20.7 Å². The van der Waals surface area contributed by atoms with E-state index in [-0.39, 0.29) is 13.0 Å². The summed E-state index contributed by atoms with van der Waals surface area (Å²) in [7, 11) is 0. The van der Waals surface area contributed by atoms with Crippen molar-refractivity contribution < 1.29 is 19.1 Å². The fourth-order valence-electron chi connectivity index (χ4n) is 4.69. The molecule has 0 radical (unpaired) electrons. The number of terminal acetylenes is 1. The predicted octanol–water partition coefficient (Wildman–Crippen LogP) is 5.95. The van der Waals surface area contributed by atoms with Crippen molar-refractivity contribution in [3.8, 4) is 12.3 Å². The number of carbonyl (C=O) groups excluding carboxylic acids is 3. The number of nitrogens with zero attached hydrogens (tertiary/aromatic N) is 1. The maximum atomic E-state index is 14.3. The monoisotopic (exact) mass is 553 g/mol. The number of ether oxygens (including phenoxy) is 1. The minimum Gasteiger partial charge on any atom is -0.444 e. The Morgan fingerprint density at radius 3 is 2.12 bits per heavy atom. The summed E-state index contributed by atoms with van der Waals surface area (Å²) < 4.78 is 5.48. The average molecular weight is 554 g/mol. The molecule has 0 saturated heterocycles. The van der Waals surface area contributed by atoms with Crippen molar-refractivity contribution in [3.63, 3.8) is 0 Å². The fraction of sp³-hybridized carbons (Fsp3) is 0.324. The summed E-state index contributed by atoms with van der Waals surface area (Å²) in [5.41, 5.74) is 3.57. The molecular weight excluding hydrogens is 514 g/mol. The van der Waals surface area contributed by atoms with E-state index in [1.54, 1.807) is 52.0 Å². The van der Waals surface area contributed by atoms with Crippen molar-refractivity contribution in [1.82, 2.24) is 10.2 Å². The highest BCUT2D eigenvalue weighted by Gasteiger charge is 2.36. The van der Waals surface area contributed by atoms with Crippen LogP contribution in [0.15, 0.2) is 72.8 Å². The predicted molar refractivity (Wildman–Crippen MR) is 162 cm³/mol. The van der Waals surface area contributed by atoms with E-state index in [1.165, 1.54) is 4.90 Å². The lowest BCUT2D eigenvalue weighted by molar-refractivity contribution is -0.140. The lowest BCUT2D eigenvalue weighted by Crippen LogP contribution is -2.53. The largest absolute Gasteiger partial charge is 0.444 e. The quantitative estimate of drug-likeness (QED) is 0.321. The van der Waals surface area contributed by atoms with Gasteiger partial charge in [0.05, 0.1) is 0 Å². The number of anilines is 1. The van der Waals surface area contributed by atoms with Crippen LogP contribution in [-0.4, -0.2) is 41.0 Å². The van der Waals surface area contributed by atoms with E-state index in [0.717, 1.165) is 16.7 Å². The molecule has 3 aromatic rings. The minimum absolute atomic E-state index is 0.184. The standard InChI is InChI=1S/C34H39N3O4/c1-8-26-20-13-14-21-27(26)30(31(38)36-29-23(3)16-15-17-24(29)4)37(9-2)32(39)28(22-25-18-11-10-12-19-25)35-33(40)41-34(5,6)7/h1,10-21,28,30H,9,22H2,2-7H3,(H,35,40)(H,36,38). The number of rotatable bonds is 9. The zero-order valence-corrected chi connectivity index (χ0v) is 24.7. The maximum Gasteiger partial charge on any atom is 0.408 e. The molecular formula is C34H39N3O4. The Bertz CT molecular complexity index is 1400. The summed E-state index contributed by atoms with van der Waals surface area (Å²) in [4.78, 5) is 42.7. The van der Waals surface area contributed by atoms with Crippen LogP contribution in [0.3, 0.4) is 0 Å². The molecule has 0 aromatic heterocycles. The lowest BCUT2D eigenvalue weighted by Gasteiger charge is -2.34. The minimum atomic E-state index is -1.06. The Labute approximate surface area is 243 Å². The van der Waals surface area contributed by atoms with E-state index in [0.29, 0.717) is 16.8 Å². The fourth-order valence-corrected chi connectivity index (χ4v) is 4.69. The molecule has 3 amide bonds. The highest BCUT2D eigenvalue weighted by atomic mass is 16.6. The summed E-state index contributed by atoms with van der Waals surface area (Å²) >= 11 is 0. The third-order valence-corrected chi connectivity index (χ3v) is 6.60. The van der Waals surface area contributed by atoms with Crippen molar-refractivity contribution in [3.05, 3.63) is 101 Å². The van der Waals surface area contributed by atoms with Crippen LogP contribution in [0, 0.1) is 26.2 Å². The number of likely N-dealkylation sites (N-methyl/N-ethyl adjacent to an activating group) is 1. The van der Waals surface area contributed by atoms with Gasteiger partial charge in [-0.1, -0.05) is 72.7 Å². The van der Waals surface area contributed by atoms with Gasteiger partial charge in [-0.3, -0.25) is 9.59 Å². The second-order valence-corrected chi connectivity index (χ2v) is 10.9. The van der Waals surface area contributed by atoms with Gasteiger partial charge in [-0.25, -0.2) is 4.79 Å². The summed E-state index contributed by atoms with van der Waals surface area (Å²) in [6.45, 7) is 11.1. The number of hydrogen-bond acceptors (Lipinski definition) is 4. The van der Waals surface area contributed by atoms with Crippen LogP contribution in [0.1, 0.15) is 61.6 Å². The second-order valence-electron chi connectivity index (χ2n) is 10.9. The van der Waals surface area contributed by atoms with Gasteiger partial charge in [-0.05, 0) is 69.9 Å². The Morgan fingerprint density at radius 1 is 0.927 bits per heavy atom.